The average molecular weight is 175 g/mol. The lowest BCUT2D eigenvalue weighted by Gasteiger charge is -2.29. The van der Waals surface area contributed by atoms with E-state index in [4.69, 9.17) is 10.2 Å². The molecule has 0 saturated carbocycles. The quantitative estimate of drug-likeness (QED) is 0.600. The van der Waals surface area contributed by atoms with Crippen LogP contribution >= 0.6 is 0 Å². The second-order valence-corrected chi connectivity index (χ2v) is 3.88. The third-order valence-electron chi connectivity index (χ3n) is 1.76. The lowest BCUT2D eigenvalue weighted by Crippen LogP contribution is -2.43. The molecule has 1 amide bonds. The summed E-state index contributed by atoms with van der Waals surface area (Å²) in [5.74, 6) is 0. The van der Waals surface area contributed by atoms with Crippen LogP contribution in [0.2, 0.25) is 0 Å². The first-order valence-corrected chi connectivity index (χ1v) is 3.98. The van der Waals surface area contributed by atoms with Gasteiger partial charge in [-0.1, -0.05) is 20.8 Å². The van der Waals surface area contributed by atoms with E-state index in [0.29, 0.717) is 6.42 Å². The van der Waals surface area contributed by atoms with Crippen molar-refractivity contribution in [2.75, 3.05) is 6.61 Å². The third-order valence-corrected chi connectivity index (χ3v) is 1.76. The first-order chi connectivity index (χ1) is 5.38. The van der Waals surface area contributed by atoms with Crippen LogP contribution in [0.15, 0.2) is 0 Å². The van der Waals surface area contributed by atoms with Gasteiger partial charge in [0, 0.05) is 12.6 Å². The Balaban J connectivity index is 4.13. The van der Waals surface area contributed by atoms with Gasteiger partial charge in [0.25, 0.3) is 0 Å². The van der Waals surface area contributed by atoms with Gasteiger partial charge < -0.3 is 15.5 Å². The van der Waals surface area contributed by atoms with Crippen LogP contribution in [-0.4, -0.2) is 29.0 Å². The van der Waals surface area contributed by atoms with Gasteiger partial charge in [-0.3, -0.25) is 0 Å². The molecule has 0 heterocycles. The highest BCUT2D eigenvalue weighted by atomic mass is 16.4. The molecule has 0 aliphatic carbocycles. The second kappa shape index (κ2) is 4.30. The van der Waals surface area contributed by atoms with Crippen molar-refractivity contribution in [3.8, 4) is 0 Å². The third kappa shape index (κ3) is 4.18. The van der Waals surface area contributed by atoms with Crippen LogP contribution in [0.1, 0.15) is 27.2 Å². The highest BCUT2D eigenvalue weighted by molar-refractivity contribution is 5.64. The van der Waals surface area contributed by atoms with E-state index in [1.165, 1.54) is 0 Å². The summed E-state index contributed by atoms with van der Waals surface area (Å²) in [7, 11) is 0. The fourth-order valence-electron chi connectivity index (χ4n) is 1.000. The minimum absolute atomic E-state index is 0.00220. The molecule has 0 radical (unpaired) electrons. The van der Waals surface area contributed by atoms with Crippen LogP contribution in [0.3, 0.4) is 0 Å². The van der Waals surface area contributed by atoms with Crippen LogP contribution < -0.4 is 5.32 Å². The SMILES string of the molecule is CC(C)(C)C(CCO)NC(=O)O. The maximum Gasteiger partial charge on any atom is 0.404 e. The molecule has 1 unspecified atom stereocenters. The molecule has 0 aromatic carbocycles. The normalized spacial score (nSPS) is 14.0. The Morgan fingerprint density at radius 2 is 2.00 bits per heavy atom. The fourth-order valence-corrected chi connectivity index (χ4v) is 1.000. The Labute approximate surface area is 72.6 Å². The molecule has 0 rings (SSSR count). The molecule has 1 atom stereocenters. The van der Waals surface area contributed by atoms with Crippen molar-refractivity contribution in [1.82, 2.24) is 5.32 Å². The molecular formula is C8H17NO3. The summed E-state index contributed by atoms with van der Waals surface area (Å²) in [5, 5.41) is 19.5. The molecule has 4 nitrogen and oxygen atoms in total. The largest absolute Gasteiger partial charge is 0.465 e. The van der Waals surface area contributed by atoms with Crippen molar-refractivity contribution in [3.63, 3.8) is 0 Å². The Bertz CT molecular complexity index is 151. The average Bonchev–Trinajstić information content (AvgIpc) is 1.83. The molecule has 0 aliphatic rings. The van der Waals surface area contributed by atoms with E-state index in [1.807, 2.05) is 20.8 Å². The number of hydrogen-bond acceptors (Lipinski definition) is 2. The van der Waals surface area contributed by atoms with Crippen molar-refractivity contribution in [2.45, 2.75) is 33.2 Å². The van der Waals surface area contributed by atoms with Crippen LogP contribution in [-0.2, 0) is 0 Å². The van der Waals surface area contributed by atoms with Gasteiger partial charge >= 0.3 is 6.09 Å². The van der Waals surface area contributed by atoms with Crippen LogP contribution in [0.25, 0.3) is 0 Å². The van der Waals surface area contributed by atoms with Crippen molar-refractivity contribution in [2.24, 2.45) is 5.41 Å². The van der Waals surface area contributed by atoms with Gasteiger partial charge in [-0.25, -0.2) is 4.79 Å². The number of hydrogen-bond donors (Lipinski definition) is 3. The summed E-state index contributed by atoms with van der Waals surface area (Å²) < 4.78 is 0. The topological polar surface area (TPSA) is 69.6 Å². The molecular weight excluding hydrogens is 158 g/mol. The molecule has 0 aromatic heterocycles. The standard InChI is InChI=1S/C8H17NO3/c1-8(2,3)6(4-5-10)9-7(11)12/h6,9-10H,4-5H2,1-3H3,(H,11,12). The number of carbonyl (C=O) groups is 1. The van der Waals surface area contributed by atoms with E-state index in [2.05, 4.69) is 5.32 Å². The van der Waals surface area contributed by atoms with E-state index in [1.54, 1.807) is 0 Å². The highest BCUT2D eigenvalue weighted by Gasteiger charge is 2.25. The number of aliphatic hydroxyl groups excluding tert-OH is 1. The maximum absolute atomic E-state index is 10.3. The first-order valence-electron chi connectivity index (χ1n) is 3.98. The van der Waals surface area contributed by atoms with Gasteiger partial charge in [0.2, 0.25) is 0 Å². The van der Waals surface area contributed by atoms with E-state index in [9.17, 15) is 4.79 Å². The maximum atomic E-state index is 10.3. The van der Waals surface area contributed by atoms with Gasteiger partial charge in [-0.2, -0.15) is 0 Å². The number of nitrogens with one attached hydrogen (secondary N) is 1. The summed E-state index contributed by atoms with van der Waals surface area (Å²) in [6, 6.07) is -0.194. The lowest BCUT2D eigenvalue weighted by molar-refractivity contribution is 0.160. The Morgan fingerprint density at radius 3 is 2.25 bits per heavy atom. The predicted molar refractivity (Wildman–Crippen MR) is 46.1 cm³/mol. The number of rotatable bonds is 3. The summed E-state index contributed by atoms with van der Waals surface area (Å²) in [5.41, 5.74) is -0.152. The smallest absolute Gasteiger partial charge is 0.404 e. The van der Waals surface area contributed by atoms with Gasteiger partial charge in [0.1, 0.15) is 0 Å². The minimum Gasteiger partial charge on any atom is -0.465 e. The molecule has 0 spiro atoms. The van der Waals surface area contributed by atoms with Gasteiger partial charge in [0.05, 0.1) is 0 Å². The summed E-state index contributed by atoms with van der Waals surface area (Å²) >= 11 is 0. The van der Waals surface area contributed by atoms with Crippen LogP contribution in [0.4, 0.5) is 4.79 Å². The van der Waals surface area contributed by atoms with Gasteiger partial charge in [0.15, 0.2) is 0 Å². The predicted octanol–water partition coefficient (Wildman–Crippen LogP) is 1.05. The monoisotopic (exact) mass is 175 g/mol. The molecule has 12 heavy (non-hydrogen) atoms. The lowest BCUT2D eigenvalue weighted by atomic mass is 9.85. The molecule has 0 aliphatic heterocycles. The molecule has 72 valence electrons. The minimum atomic E-state index is -1.04. The zero-order chi connectivity index (χ0) is 9.78. The van der Waals surface area contributed by atoms with Crippen LogP contribution in [0, 0.1) is 5.41 Å². The summed E-state index contributed by atoms with van der Waals surface area (Å²) in [6.45, 7) is 5.80. The highest BCUT2D eigenvalue weighted by Crippen LogP contribution is 2.21. The van der Waals surface area contributed by atoms with Crippen LogP contribution in [0.5, 0.6) is 0 Å². The van der Waals surface area contributed by atoms with Gasteiger partial charge in [-0.15, -0.1) is 0 Å². The Hall–Kier alpha value is -0.770. The molecule has 0 aromatic rings. The summed E-state index contributed by atoms with van der Waals surface area (Å²) in [6.07, 6.45) is -0.584. The van der Waals surface area contributed by atoms with Crippen molar-refractivity contribution < 1.29 is 15.0 Å². The van der Waals surface area contributed by atoms with E-state index in [0.717, 1.165) is 0 Å². The number of amides is 1. The number of aliphatic hydroxyl groups is 1. The second-order valence-electron chi connectivity index (χ2n) is 3.88. The number of carboxylic acid groups (broad SMARTS) is 1. The van der Waals surface area contributed by atoms with Crippen molar-refractivity contribution in [3.05, 3.63) is 0 Å². The molecule has 0 bridgehead atoms. The van der Waals surface area contributed by atoms with E-state index < -0.39 is 6.09 Å². The van der Waals surface area contributed by atoms with Gasteiger partial charge in [-0.05, 0) is 11.8 Å². The molecule has 0 saturated heterocycles. The Morgan fingerprint density at radius 1 is 1.50 bits per heavy atom. The Kier molecular flexibility index (Phi) is 4.03. The zero-order valence-electron chi connectivity index (χ0n) is 7.79. The zero-order valence-corrected chi connectivity index (χ0v) is 7.79. The van der Waals surface area contributed by atoms with Crippen molar-refractivity contribution in [1.29, 1.82) is 0 Å². The fraction of sp³-hybridized carbons (Fsp3) is 0.875. The first kappa shape index (κ1) is 11.2. The molecule has 4 heteroatoms. The molecule has 3 N–H and O–H groups in total. The molecule has 0 fully saturated rings. The summed E-state index contributed by atoms with van der Waals surface area (Å²) in [4.78, 5) is 10.3. The van der Waals surface area contributed by atoms with E-state index in [-0.39, 0.29) is 18.1 Å². The van der Waals surface area contributed by atoms with Crippen molar-refractivity contribution >= 4 is 6.09 Å². The van der Waals surface area contributed by atoms with E-state index >= 15 is 0 Å².